The van der Waals surface area contributed by atoms with Crippen molar-refractivity contribution < 1.29 is 19.1 Å². The number of ether oxygens (including phenoxy) is 2. The molecule has 26 heavy (non-hydrogen) atoms. The molecule has 0 spiro atoms. The maximum Gasteiger partial charge on any atom is 0.308 e. The minimum absolute atomic E-state index is 0.108. The number of hydrogen-bond donors (Lipinski definition) is 0. The third kappa shape index (κ3) is 9.05. The molecule has 0 amide bonds. The van der Waals surface area contributed by atoms with E-state index >= 15 is 0 Å². The fourth-order valence-electron chi connectivity index (χ4n) is 3.70. The van der Waals surface area contributed by atoms with E-state index in [2.05, 4.69) is 13.8 Å². The lowest BCUT2D eigenvalue weighted by Crippen LogP contribution is -2.31. The van der Waals surface area contributed by atoms with E-state index < -0.39 is 0 Å². The van der Waals surface area contributed by atoms with Gasteiger partial charge < -0.3 is 9.47 Å². The van der Waals surface area contributed by atoms with Crippen LogP contribution in [0.15, 0.2) is 0 Å². The molecular formula is C22H40O4. The second kappa shape index (κ2) is 13.2. The van der Waals surface area contributed by atoms with E-state index in [-0.39, 0.29) is 23.8 Å². The first-order chi connectivity index (χ1) is 12.5. The van der Waals surface area contributed by atoms with Gasteiger partial charge in [-0.25, -0.2) is 0 Å². The summed E-state index contributed by atoms with van der Waals surface area (Å²) in [5.41, 5.74) is 0. The Labute approximate surface area is 160 Å². The molecule has 3 atom stereocenters. The number of carbonyl (C=O) groups is 2. The van der Waals surface area contributed by atoms with Crippen molar-refractivity contribution in [2.45, 2.75) is 91.9 Å². The van der Waals surface area contributed by atoms with Crippen molar-refractivity contribution in [3.05, 3.63) is 0 Å². The summed E-state index contributed by atoms with van der Waals surface area (Å²) in [5.74, 6) is 0.286. The molecular weight excluding hydrogens is 328 g/mol. The lowest BCUT2D eigenvalue weighted by Gasteiger charge is -2.27. The van der Waals surface area contributed by atoms with E-state index in [1.54, 1.807) is 0 Å². The number of unbranched alkanes of at least 4 members (excludes halogenated alkanes) is 2. The standard InChI is InChI=1S/C22H40O4/c1-5-7-8-11-18(10-6-2)16-26-22(24)20-13-9-12-19(14-20)21(23)25-15-17(3)4/h17-20H,5-16H2,1-4H3. The predicted octanol–water partition coefficient (Wildman–Crippen LogP) is 5.53. The summed E-state index contributed by atoms with van der Waals surface area (Å²) in [4.78, 5) is 24.7. The van der Waals surface area contributed by atoms with Crippen LogP contribution in [0.3, 0.4) is 0 Å². The van der Waals surface area contributed by atoms with Crippen LogP contribution in [-0.2, 0) is 19.1 Å². The van der Waals surface area contributed by atoms with Gasteiger partial charge in [0, 0.05) is 0 Å². The molecule has 0 radical (unpaired) electrons. The molecule has 0 aromatic heterocycles. The van der Waals surface area contributed by atoms with Gasteiger partial charge in [-0.3, -0.25) is 9.59 Å². The van der Waals surface area contributed by atoms with Crippen molar-refractivity contribution in [2.24, 2.45) is 23.7 Å². The summed E-state index contributed by atoms with van der Waals surface area (Å²) in [6.07, 6.45) is 10.2. The van der Waals surface area contributed by atoms with E-state index in [0.29, 0.717) is 31.5 Å². The van der Waals surface area contributed by atoms with Gasteiger partial charge in [-0.2, -0.15) is 0 Å². The number of hydrogen-bond acceptors (Lipinski definition) is 4. The SMILES string of the molecule is CCCCCC(CCC)COC(=O)C1CCCC(C(=O)OCC(C)C)C1. The highest BCUT2D eigenvalue weighted by Crippen LogP contribution is 2.31. The third-order valence-electron chi connectivity index (χ3n) is 5.27. The molecule has 152 valence electrons. The van der Waals surface area contributed by atoms with E-state index in [4.69, 9.17) is 9.47 Å². The molecule has 0 aliphatic heterocycles. The van der Waals surface area contributed by atoms with Crippen LogP contribution in [0, 0.1) is 23.7 Å². The molecule has 0 bridgehead atoms. The van der Waals surface area contributed by atoms with Crippen LogP contribution < -0.4 is 0 Å². The Morgan fingerprint density at radius 3 is 2.04 bits per heavy atom. The Morgan fingerprint density at radius 1 is 0.885 bits per heavy atom. The van der Waals surface area contributed by atoms with Gasteiger partial charge in [0.25, 0.3) is 0 Å². The predicted molar refractivity (Wildman–Crippen MR) is 105 cm³/mol. The van der Waals surface area contributed by atoms with Gasteiger partial charge >= 0.3 is 11.9 Å². The summed E-state index contributed by atoms with van der Waals surface area (Å²) >= 11 is 0. The van der Waals surface area contributed by atoms with Crippen LogP contribution in [0.5, 0.6) is 0 Å². The first-order valence-electron chi connectivity index (χ1n) is 10.8. The molecule has 1 aliphatic rings. The first-order valence-corrected chi connectivity index (χ1v) is 10.8. The maximum absolute atomic E-state index is 12.5. The Kier molecular flexibility index (Phi) is 11.6. The molecule has 3 unspecified atom stereocenters. The van der Waals surface area contributed by atoms with Crippen molar-refractivity contribution in [2.75, 3.05) is 13.2 Å². The normalized spacial score (nSPS) is 21.4. The van der Waals surface area contributed by atoms with E-state index in [1.165, 1.54) is 19.3 Å². The Hall–Kier alpha value is -1.06. The average Bonchev–Trinajstić information content (AvgIpc) is 2.64. The van der Waals surface area contributed by atoms with Gasteiger partial charge in [0.2, 0.25) is 0 Å². The highest BCUT2D eigenvalue weighted by molar-refractivity contribution is 5.76. The zero-order chi connectivity index (χ0) is 19.4. The van der Waals surface area contributed by atoms with Crippen LogP contribution in [0.2, 0.25) is 0 Å². The third-order valence-corrected chi connectivity index (χ3v) is 5.27. The highest BCUT2D eigenvalue weighted by Gasteiger charge is 2.33. The molecule has 1 fully saturated rings. The monoisotopic (exact) mass is 368 g/mol. The van der Waals surface area contributed by atoms with Crippen molar-refractivity contribution in [1.29, 1.82) is 0 Å². The van der Waals surface area contributed by atoms with Gasteiger partial charge in [0.15, 0.2) is 0 Å². The van der Waals surface area contributed by atoms with Gasteiger partial charge in [0.05, 0.1) is 25.0 Å². The van der Waals surface area contributed by atoms with Crippen LogP contribution in [0.1, 0.15) is 91.9 Å². The Bertz CT molecular complexity index is 405. The van der Waals surface area contributed by atoms with Gasteiger partial charge in [0.1, 0.15) is 0 Å². The van der Waals surface area contributed by atoms with Crippen LogP contribution in [-0.4, -0.2) is 25.2 Å². The second-order valence-electron chi connectivity index (χ2n) is 8.36. The molecule has 0 N–H and O–H groups in total. The summed E-state index contributed by atoms with van der Waals surface area (Å²) in [7, 11) is 0. The van der Waals surface area contributed by atoms with Crippen molar-refractivity contribution in [3.63, 3.8) is 0 Å². The van der Waals surface area contributed by atoms with Gasteiger partial charge in [-0.05, 0) is 43.9 Å². The van der Waals surface area contributed by atoms with E-state index in [0.717, 1.165) is 38.5 Å². The lowest BCUT2D eigenvalue weighted by atomic mass is 9.81. The molecule has 1 rings (SSSR count). The van der Waals surface area contributed by atoms with Crippen LogP contribution in [0.4, 0.5) is 0 Å². The molecule has 4 heteroatoms. The molecule has 1 aliphatic carbocycles. The largest absolute Gasteiger partial charge is 0.465 e. The minimum atomic E-state index is -0.143. The Morgan fingerprint density at radius 2 is 1.50 bits per heavy atom. The van der Waals surface area contributed by atoms with Crippen molar-refractivity contribution in [3.8, 4) is 0 Å². The number of esters is 2. The van der Waals surface area contributed by atoms with E-state index in [1.807, 2.05) is 13.8 Å². The van der Waals surface area contributed by atoms with Crippen LogP contribution in [0.25, 0.3) is 0 Å². The molecule has 0 heterocycles. The summed E-state index contributed by atoms with van der Waals surface area (Å²) < 4.78 is 11.0. The average molecular weight is 369 g/mol. The molecule has 1 saturated carbocycles. The fourth-order valence-corrected chi connectivity index (χ4v) is 3.70. The summed E-state index contributed by atoms with van der Waals surface area (Å²) in [6, 6.07) is 0. The zero-order valence-electron chi connectivity index (χ0n) is 17.4. The first kappa shape index (κ1) is 23.0. The highest BCUT2D eigenvalue weighted by atomic mass is 16.5. The van der Waals surface area contributed by atoms with Gasteiger partial charge in [-0.15, -0.1) is 0 Å². The maximum atomic E-state index is 12.5. The molecule has 0 saturated heterocycles. The Balaban J connectivity index is 2.41. The van der Waals surface area contributed by atoms with Crippen LogP contribution >= 0.6 is 0 Å². The van der Waals surface area contributed by atoms with Crippen molar-refractivity contribution in [1.82, 2.24) is 0 Å². The second-order valence-corrected chi connectivity index (χ2v) is 8.36. The smallest absolute Gasteiger partial charge is 0.308 e. The quantitative estimate of drug-likeness (QED) is 0.335. The minimum Gasteiger partial charge on any atom is -0.465 e. The number of rotatable bonds is 12. The molecule has 4 nitrogen and oxygen atoms in total. The van der Waals surface area contributed by atoms with Crippen molar-refractivity contribution >= 4 is 11.9 Å². The topological polar surface area (TPSA) is 52.6 Å². The zero-order valence-corrected chi connectivity index (χ0v) is 17.4. The lowest BCUT2D eigenvalue weighted by molar-refractivity contribution is -0.156. The number of carbonyl (C=O) groups excluding carboxylic acids is 2. The summed E-state index contributed by atoms with van der Waals surface area (Å²) in [5, 5.41) is 0. The van der Waals surface area contributed by atoms with Gasteiger partial charge in [-0.1, -0.05) is 59.8 Å². The molecule has 0 aromatic rings. The van der Waals surface area contributed by atoms with E-state index in [9.17, 15) is 9.59 Å². The summed E-state index contributed by atoms with van der Waals surface area (Å²) in [6.45, 7) is 9.45. The fraction of sp³-hybridized carbons (Fsp3) is 0.909. The molecule has 0 aromatic carbocycles.